The van der Waals surface area contributed by atoms with Gasteiger partial charge >= 0.3 is 0 Å². The summed E-state index contributed by atoms with van der Waals surface area (Å²) in [5.74, 6) is 6.36. The van der Waals surface area contributed by atoms with Crippen molar-refractivity contribution in [1.29, 1.82) is 0 Å². The van der Waals surface area contributed by atoms with E-state index < -0.39 is 0 Å². The SMILES string of the molecule is O=[N+]([O-])c1ccccc1SC1C2C3C4COC5C(C4CCl)C2C1C53. The molecule has 4 nitrogen and oxygen atoms in total. The van der Waals surface area contributed by atoms with Crippen LogP contribution in [0.15, 0.2) is 29.2 Å². The van der Waals surface area contributed by atoms with E-state index in [2.05, 4.69) is 0 Å². The third-order valence-corrected chi connectivity index (χ3v) is 9.56. The van der Waals surface area contributed by atoms with Gasteiger partial charge in [-0.3, -0.25) is 10.1 Å². The molecule has 10 unspecified atom stereocenters. The highest BCUT2D eigenvalue weighted by Gasteiger charge is 2.82. The van der Waals surface area contributed by atoms with E-state index in [4.69, 9.17) is 16.3 Å². The number of nitrogens with zero attached hydrogens (tertiary/aromatic N) is 1. The zero-order valence-electron chi connectivity index (χ0n) is 13.0. The summed E-state index contributed by atoms with van der Waals surface area (Å²) < 4.78 is 6.18. The summed E-state index contributed by atoms with van der Waals surface area (Å²) in [6, 6.07) is 7.20. The van der Waals surface area contributed by atoms with Crippen LogP contribution < -0.4 is 0 Å². The summed E-state index contributed by atoms with van der Waals surface area (Å²) in [7, 11) is 0. The van der Waals surface area contributed by atoms with E-state index in [1.54, 1.807) is 23.9 Å². The molecule has 126 valence electrons. The summed E-state index contributed by atoms with van der Waals surface area (Å²) in [6.07, 6.45) is 0.423. The van der Waals surface area contributed by atoms with Gasteiger partial charge < -0.3 is 4.74 Å². The lowest BCUT2D eigenvalue weighted by molar-refractivity contribution is -0.387. The predicted molar refractivity (Wildman–Crippen MR) is 91.1 cm³/mol. The standard InChI is InChI=1S/C18H18ClNO3S/c19-5-7-8-6-23-17-12(7)13-15-11(8)14(17)16(13)18(15)24-10-4-2-1-3-9(10)20(21)22/h1-4,7-8,11-18H,5-6H2. The fraction of sp³-hybridized carbons (Fsp3) is 0.667. The van der Waals surface area contributed by atoms with Crippen LogP contribution >= 0.6 is 23.4 Å². The van der Waals surface area contributed by atoms with Gasteiger partial charge in [-0.25, -0.2) is 0 Å². The Bertz CT molecular complexity index is 739. The Hall–Kier alpha value is -0.780. The Morgan fingerprint density at radius 1 is 1.17 bits per heavy atom. The summed E-state index contributed by atoms with van der Waals surface area (Å²) in [6.45, 7) is 0.887. The number of hydrogen-bond acceptors (Lipinski definition) is 4. The van der Waals surface area contributed by atoms with E-state index in [9.17, 15) is 10.1 Å². The molecule has 6 heteroatoms. The number of rotatable bonds is 4. The van der Waals surface area contributed by atoms with Gasteiger partial charge in [-0.15, -0.1) is 23.4 Å². The molecular weight excluding hydrogens is 346 g/mol. The molecule has 9 rings (SSSR count). The van der Waals surface area contributed by atoms with Crippen molar-refractivity contribution in [3.8, 4) is 0 Å². The van der Waals surface area contributed by atoms with Gasteiger partial charge in [0.15, 0.2) is 0 Å². The number of nitro groups is 1. The Morgan fingerprint density at radius 2 is 1.96 bits per heavy atom. The van der Waals surface area contributed by atoms with Crippen molar-refractivity contribution in [2.75, 3.05) is 12.5 Å². The van der Waals surface area contributed by atoms with E-state index in [1.165, 1.54) is 0 Å². The minimum Gasteiger partial charge on any atom is -0.377 e. The van der Waals surface area contributed by atoms with Crippen molar-refractivity contribution in [2.24, 2.45) is 47.3 Å². The van der Waals surface area contributed by atoms with Crippen LogP contribution in [-0.2, 0) is 4.74 Å². The Balaban J connectivity index is 1.33. The largest absolute Gasteiger partial charge is 0.377 e. The van der Waals surface area contributed by atoms with E-state index in [0.717, 1.165) is 35.1 Å². The number of alkyl halides is 1. The molecule has 10 atom stereocenters. The lowest BCUT2D eigenvalue weighted by Gasteiger charge is -2.61. The normalized spacial score (nSPS) is 51.9. The maximum atomic E-state index is 11.3. The van der Waals surface area contributed by atoms with Crippen molar-refractivity contribution in [1.82, 2.24) is 0 Å². The molecule has 8 bridgehead atoms. The van der Waals surface area contributed by atoms with Gasteiger partial charge in [0.25, 0.3) is 5.69 Å². The van der Waals surface area contributed by atoms with Crippen LogP contribution in [-0.4, -0.2) is 28.8 Å². The molecule has 2 heterocycles. The average molecular weight is 364 g/mol. The van der Waals surface area contributed by atoms with Gasteiger partial charge in [-0.2, -0.15) is 0 Å². The highest BCUT2D eigenvalue weighted by Crippen LogP contribution is 2.81. The first-order valence-corrected chi connectivity index (χ1v) is 10.2. The third-order valence-electron chi connectivity index (χ3n) is 7.71. The summed E-state index contributed by atoms with van der Waals surface area (Å²) in [5, 5.41) is 11.9. The highest BCUT2D eigenvalue weighted by molar-refractivity contribution is 8.00. The monoisotopic (exact) mass is 363 g/mol. The second-order valence-electron chi connectivity index (χ2n) is 8.05. The fourth-order valence-electron chi connectivity index (χ4n) is 7.28. The summed E-state index contributed by atoms with van der Waals surface area (Å²) in [4.78, 5) is 11.9. The zero-order chi connectivity index (χ0) is 16.2. The molecule has 1 aromatic rings. The smallest absolute Gasteiger partial charge is 0.282 e. The summed E-state index contributed by atoms with van der Waals surface area (Å²) in [5.41, 5.74) is 0.254. The van der Waals surface area contributed by atoms with Crippen LogP contribution in [0.3, 0.4) is 0 Å². The van der Waals surface area contributed by atoms with Crippen LogP contribution in [0, 0.1) is 57.5 Å². The molecule has 2 saturated heterocycles. The molecule has 2 aliphatic heterocycles. The third kappa shape index (κ3) is 1.45. The molecule has 8 aliphatic rings. The Labute approximate surface area is 149 Å². The maximum Gasteiger partial charge on any atom is 0.282 e. The molecule has 6 aliphatic carbocycles. The zero-order valence-corrected chi connectivity index (χ0v) is 14.5. The van der Waals surface area contributed by atoms with E-state index >= 15 is 0 Å². The van der Waals surface area contributed by atoms with Gasteiger partial charge in [0, 0.05) is 17.2 Å². The Kier molecular flexibility index (Phi) is 2.81. The first kappa shape index (κ1) is 14.4. The van der Waals surface area contributed by atoms with Gasteiger partial charge in [-0.1, -0.05) is 12.1 Å². The summed E-state index contributed by atoms with van der Waals surface area (Å²) >= 11 is 8.06. The molecule has 8 fully saturated rings. The van der Waals surface area contributed by atoms with Crippen LogP contribution in [0.4, 0.5) is 5.69 Å². The second-order valence-corrected chi connectivity index (χ2v) is 9.58. The number of thioether (sulfide) groups is 1. The van der Waals surface area contributed by atoms with Gasteiger partial charge in [0.1, 0.15) is 0 Å². The minimum atomic E-state index is -0.250. The maximum absolute atomic E-state index is 11.3. The molecule has 0 radical (unpaired) electrons. The number of nitro benzene ring substituents is 1. The van der Waals surface area contributed by atoms with E-state index in [1.807, 2.05) is 12.1 Å². The lowest BCUT2D eigenvalue weighted by atomic mass is 9.50. The van der Waals surface area contributed by atoms with Gasteiger partial charge in [0.05, 0.1) is 22.5 Å². The number of halogens is 1. The van der Waals surface area contributed by atoms with Crippen LogP contribution in [0.2, 0.25) is 0 Å². The van der Waals surface area contributed by atoms with Crippen LogP contribution in [0.5, 0.6) is 0 Å². The molecule has 0 aromatic heterocycles. The second kappa shape index (κ2) is 4.68. The molecule has 1 aromatic carbocycles. The van der Waals surface area contributed by atoms with Crippen molar-refractivity contribution >= 4 is 29.1 Å². The highest BCUT2D eigenvalue weighted by atomic mass is 35.5. The van der Waals surface area contributed by atoms with Crippen LogP contribution in [0.1, 0.15) is 0 Å². The number of fused-ring (bicyclic) bond motifs is 1. The lowest BCUT2D eigenvalue weighted by Crippen LogP contribution is -2.62. The van der Waals surface area contributed by atoms with Crippen molar-refractivity contribution in [2.45, 2.75) is 16.2 Å². The van der Waals surface area contributed by atoms with Crippen molar-refractivity contribution < 1.29 is 9.66 Å². The molecule has 0 amide bonds. The molecule has 0 spiro atoms. The van der Waals surface area contributed by atoms with E-state index in [-0.39, 0.29) is 10.6 Å². The molecule has 0 N–H and O–H groups in total. The van der Waals surface area contributed by atoms with Crippen molar-refractivity contribution in [3.63, 3.8) is 0 Å². The fourth-order valence-corrected chi connectivity index (χ4v) is 9.46. The van der Waals surface area contributed by atoms with E-state index in [0.29, 0.717) is 40.9 Å². The number of hydrogen-bond donors (Lipinski definition) is 0. The predicted octanol–water partition coefficient (Wildman–Crippen LogP) is 3.68. The number of benzene rings is 1. The molecule has 24 heavy (non-hydrogen) atoms. The first-order chi connectivity index (χ1) is 11.7. The topological polar surface area (TPSA) is 52.4 Å². The number of para-hydroxylation sites is 1. The van der Waals surface area contributed by atoms with Gasteiger partial charge in [-0.05, 0) is 53.4 Å². The van der Waals surface area contributed by atoms with Crippen molar-refractivity contribution in [3.05, 3.63) is 34.4 Å². The minimum absolute atomic E-state index is 0.250. The first-order valence-electron chi connectivity index (χ1n) is 8.80. The number of ether oxygens (including phenoxy) is 1. The Morgan fingerprint density at radius 3 is 2.75 bits per heavy atom. The van der Waals surface area contributed by atoms with Gasteiger partial charge in [0.2, 0.25) is 0 Å². The molecule has 6 saturated carbocycles. The molecular formula is C18H18ClNO3S. The average Bonchev–Trinajstić information content (AvgIpc) is 3.19. The quantitative estimate of drug-likeness (QED) is 0.465. The van der Waals surface area contributed by atoms with Crippen LogP contribution in [0.25, 0.3) is 0 Å².